The number of nitrogens with two attached hydrogens (primary N) is 1. The SMILES string of the molecule is CCC(CCN)CCC(=O)N(CC)CCCN(C)C. The smallest absolute Gasteiger partial charge is 0.222 e. The molecule has 4 nitrogen and oxygen atoms in total. The van der Waals surface area contributed by atoms with Gasteiger partial charge < -0.3 is 15.5 Å². The number of hydrogen-bond acceptors (Lipinski definition) is 3. The first-order valence-electron chi connectivity index (χ1n) is 7.67. The molecule has 0 aromatic heterocycles. The lowest BCUT2D eigenvalue weighted by Crippen LogP contribution is -2.33. The first-order chi connectivity index (χ1) is 9.04. The van der Waals surface area contributed by atoms with Gasteiger partial charge in [0, 0.05) is 19.5 Å². The minimum atomic E-state index is 0.303. The van der Waals surface area contributed by atoms with E-state index in [-0.39, 0.29) is 0 Å². The topological polar surface area (TPSA) is 49.6 Å². The van der Waals surface area contributed by atoms with Gasteiger partial charge in [-0.2, -0.15) is 0 Å². The third-order valence-electron chi connectivity index (χ3n) is 3.69. The fourth-order valence-electron chi connectivity index (χ4n) is 2.31. The van der Waals surface area contributed by atoms with Crippen LogP contribution in [0.1, 0.15) is 46.0 Å². The van der Waals surface area contributed by atoms with Crippen molar-refractivity contribution >= 4 is 5.91 Å². The predicted octanol–water partition coefficient (Wildman–Crippen LogP) is 1.94. The highest BCUT2D eigenvalue weighted by atomic mass is 16.2. The quantitative estimate of drug-likeness (QED) is 0.625. The van der Waals surface area contributed by atoms with E-state index < -0.39 is 0 Å². The van der Waals surface area contributed by atoms with Gasteiger partial charge in [-0.15, -0.1) is 0 Å². The van der Waals surface area contributed by atoms with Gasteiger partial charge in [-0.05, 0) is 59.3 Å². The summed E-state index contributed by atoms with van der Waals surface area (Å²) in [6.07, 6.45) is 4.87. The van der Waals surface area contributed by atoms with E-state index >= 15 is 0 Å². The van der Waals surface area contributed by atoms with Crippen LogP contribution in [0.25, 0.3) is 0 Å². The molecule has 0 fully saturated rings. The molecule has 19 heavy (non-hydrogen) atoms. The molecule has 114 valence electrons. The Hall–Kier alpha value is -0.610. The average Bonchev–Trinajstić information content (AvgIpc) is 2.38. The zero-order valence-corrected chi connectivity index (χ0v) is 13.3. The fraction of sp³-hybridized carbons (Fsp3) is 0.933. The van der Waals surface area contributed by atoms with Crippen LogP contribution in [0.5, 0.6) is 0 Å². The van der Waals surface area contributed by atoms with Gasteiger partial charge in [0.1, 0.15) is 0 Å². The van der Waals surface area contributed by atoms with Crippen molar-refractivity contribution in [3.63, 3.8) is 0 Å². The van der Waals surface area contributed by atoms with Crippen molar-refractivity contribution in [3.8, 4) is 0 Å². The van der Waals surface area contributed by atoms with Crippen molar-refractivity contribution in [2.24, 2.45) is 11.7 Å². The van der Waals surface area contributed by atoms with Gasteiger partial charge in [-0.25, -0.2) is 0 Å². The van der Waals surface area contributed by atoms with Crippen LogP contribution in [0.15, 0.2) is 0 Å². The van der Waals surface area contributed by atoms with Crippen molar-refractivity contribution in [1.29, 1.82) is 0 Å². The van der Waals surface area contributed by atoms with Gasteiger partial charge in [0.05, 0.1) is 0 Å². The van der Waals surface area contributed by atoms with E-state index in [1.807, 2.05) is 4.90 Å². The van der Waals surface area contributed by atoms with Gasteiger partial charge in [0.2, 0.25) is 5.91 Å². The maximum Gasteiger partial charge on any atom is 0.222 e. The third-order valence-corrected chi connectivity index (χ3v) is 3.69. The summed E-state index contributed by atoms with van der Waals surface area (Å²) in [5, 5.41) is 0. The van der Waals surface area contributed by atoms with Crippen LogP contribution in [-0.2, 0) is 4.79 Å². The molecule has 0 aromatic carbocycles. The molecule has 0 bridgehead atoms. The van der Waals surface area contributed by atoms with Gasteiger partial charge in [0.25, 0.3) is 0 Å². The normalized spacial score (nSPS) is 12.7. The molecule has 0 rings (SSSR count). The number of amides is 1. The maximum absolute atomic E-state index is 12.2. The largest absolute Gasteiger partial charge is 0.343 e. The van der Waals surface area contributed by atoms with Crippen molar-refractivity contribution in [2.45, 2.75) is 46.0 Å². The Labute approximate surface area is 119 Å². The molecule has 0 radical (unpaired) electrons. The number of rotatable bonds is 11. The molecule has 1 amide bonds. The second-order valence-corrected chi connectivity index (χ2v) is 5.52. The number of carbonyl (C=O) groups is 1. The average molecular weight is 271 g/mol. The van der Waals surface area contributed by atoms with Crippen LogP contribution in [-0.4, -0.2) is 56.0 Å². The molecule has 2 N–H and O–H groups in total. The molecule has 4 heteroatoms. The predicted molar refractivity (Wildman–Crippen MR) is 82.1 cm³/mol. The molecule has 0 aliphatic carbocycles. The Kier molecular flexibility index (Phi) is 10.9. The van der Waals surface area contributed by atoms with E-state index in [1.165, 1.54) is 0 Å². The summed E-state index contributed by atoms with van der Waals surface area (Å²) < 4.78 is 0. The van der Waals surface area contributed by atoms with E-state index in [4.69, 9.17) is 5.73 Å². The Bertz CT molecular complexity index is 231. The van der Waals surface area contributed by atoms with E-state index in [0.29, 0.717) is 18.2 Å². The Balaban J connectivity index is 3.99. The van der Waals surface area contributed by atoms with Gasteiger partial charge in [-0.1, -0.05) is 13.3 Å². The van der Waals surface area contributed by atoms with Crippen LogP contribution >= 0.6 is 0 Å². The number of nitrogens with zero attached hydrogens (tertiary/aromatic N) is 2. The molecule has 0 saturated carbocycles. The first kappa shape index (κ1) is 18.4. The van der Waals surface area contributed by atoms with E-state index in [9.17, 15) is 4.79 Å². The van der Waals surface area contributed by atoms with Crippen LogP contribution in [0.2, 0.25) is 0 Å². The highest BCUT2D eigenvalue weighted by Crippen LogP contribution is 2.15. The summed E-state index contributed by atoms with van der Waals surface area (Å²) in [7, 11) is 4.13. The molecule has 0 heterocycles. The van der Waals surface area contributed by atoms with E-state index in [1.54, 1.807) is 0 Å². The molecular formula is C15H33N3O. The summed E-state index contributed by atoms with van der Waals surface area (Å²) in [5.41, 5.74) is 5.59. The minimum absolute atomic E-state index is 0.303. The minimum Gasteiger partial charge on any atom is -0.343 e. The molecule has 0 aromatic rings. The van der Waals surface area contributed by atoms with Crippen LogP contribution < -0.4 is 5.73 Å². The number of carbonyl (C=O) groups excluding carboxylic acids is 1. The molecule has 0 spiro atoms. The van der Waals surface area contributed by atoms with Crippen molar-refractivity contribution < 1.29 is 4.79 Å². The summed E-state index contributed by atoms with van der Waals surface area (Å²) in [5.74, 6) is 0.908. The lowest BCUT2D eigenvalue weighted by Gasteiger charge is -2.23. The Morgan fingerprint density at radius 2 is 1.84 bits per heavy atom. The van der Waals surface area contributed by atoms with Crippen molar-refractivity contribution in [3.05, 3.63) is 0 Å². The van der Waals surface area contributed by atoms with Crippen molar-refractivity contribution in [1.82, 2.24) is 9.80 Å². The van der Waals surface area contributed by atoms with E-state index in [0.717, 1.165) is 51.9 Å². The molecule has 1 atom stereocenters. The number of hydrogen-bond donors (Lipinski definition) is 1. The van der Waals surface area contributed by atoms with Crippen LogP contribution in [0, 0.1) is 5.92 Å². The summed E-state index contributed by atoms with van der Waals surface area (Å²) in [6, 6.07) is 0. The molecule has 0 aliphatic rings. The second-order valence-electron chi connectivity index (χ2n) is 5.52. The summed E-state index contributed by atoms with van der Waals surface area (Å²) in [6.45, 7) is 7.70. The molecule has 1 unspecified atom stereocenters. The highest BCUT2D eigenvalue weighted by Gasteiger charge is 2.14. The van der Waals surface area contributed by atoms with Gasteiger partial charge in [-0.3, -0.25) is 4.79 Å². The lowest BCUT2D eigenvalue weighted by atomic mass is 9.96. The monoisotopic (exact) mass is 271 g/mol. The van der Waals surface area contributed by atoms with Crippen molar-refractivity contribution in [2.75, 3.05) is 40.3 Å². The molecule has 0 aliphatic heterocycles. The van der Waals surface area contributed by atoms with Crippen LogP contribution in [0.3, 0.4) is 0 Å². The Morgan fingerprint density at radius 3 is 2.32 bits per heavy atom. The van der Waals surface area contributed by atoms with E-state index in [2.05, 4.69) is 32.8 Å². The summed E-state index contributed by atoms with van der Waals surface area (Å²) in [4.78, 5) is 16.3. The zero-order chi connectivity index (χ0) is 14.7. The molecular weight excluding hydrogens is 238 g/mol. The lowest BCUT2D eigenvalue weighted by molar-refractivity contribution is -0.131. The Morgan fingerprint density at radius 1 is 1.16 bits per heavy atom. The second kappa shape index (κ2) is 11.2. The third kappa shape index (κ3) is 9.00. The summed E-state index contributed by atoms with van der Waals surface area (Å²) >= 11 is 0. The first-order valence-corrected chi connectivity index (χ1v) is 7.67. The fourth-order valence-corrected chi connectivity index (χ4v) is 2.31. The highest BCUT2D eigenvalue weighted by molar-refractivity contribution is 5.76. The molecule has 0 saturated heterocycles. The maximum atomic E-state index is 12.2. The van der Waals surface area contributed by atoms with Gasteiger partial charge >= 0.3 is 0 Å². The van der Waals surface area contributed by atoms with Crippen LogP contribution in [0.4, 0.5) is 0 Å². The van der Waals surface area contributed by atoms with Gasteiger partial charge in [0.15, 0.2) is 0 Å². The zero-order valence-electron chi connectivity index (χ0n) is 13.3. The standard InChI is InChI=1S/C15H33N3O/c1-5-14(10-11-16)8-9-15(19)18(6-2)13-7-12-17(3)4/h14H,5-13,16H2,1-4H3.